The molecule has 1 aliphatic carbocycles. The molecule has 0 radical (unpaired) electrons. The molecule has 1 atom stereocenters. The Labute approximate surface area is 134 Å². The molecule has 1 aliphatic rings. The maximum absolute atomic E-state index is 11.7. The molecule has 118 valence electrons. The molecule has 1 saturated carbocycles. The van der Waals surface area contributed by atoms with Crippen molar-refractivity contribution in [3.05, 3.63) is 21.3 Å². The summed E-state index contributed by atoms with van der Waals surface area (Å²) >= 11 is 7.27. The van der Waals surface area contributed by atoms with E-state index in [1.165, 1.54) is 11.3 Å². The minimum absolute atomic E-state index is 0.0454. The van der Waals surface area contributed by atoms with Crippen molar-refractivity contribution in [1.82, 2.24) is 5.32 Å². The van der Waals surface area contributed by atoms with Gasteiger partial charge in [-0.3, -0.25) is 4.79 Å². The second-order valence-electron chi connectivity index (χ2n) is 5.37. The number of halogens is 1. The molecule has 2 rings (SSSR count). The molecule has 1 heterocycles. The minimum Gasteiger partial charge on any atom is -0.466 e. The average molecular weight is 332 g/mol. The summed E-state index contributed by atoms with van der Waals surface area (Å²) in [5.41, 5.74) is 0. The summed E-state index contributed by atoms with van der Waals surface area (Å²) in [5, 5.41) is 13.5. The van der Waals surface area contributed by atoms with Gasteiger partial charge in [-0.05, 0) is 44.7 Å². The van der Waals surface area contributed by atoms with Crippen LogP contribution in [0.5, 0.6) is 0 Å². The number of hydrogen-bond donors (Lipinski definition) is 2. The third-order valence-electron chi connectivity index (χ3n) is 3.87. The summed E-state index contributed by atoms with van der Waals surface area (Å²) in [7, 11) is 0. The van der Waals surface area contributed by atoms with Gasteiger partial charge < -0.3 is 15.2 Å². The first kappa shape index (κ1) is 16.7. The van der Waals surface area contributed by atoms with Crippen LogP contribution < -0.4 is 5.32 Å². The molecule has 4 nitrogen and oxygen atoms in total. The predicted octanol–water partition coefficient (Wildman–Crippen LogP) is 3.15. The molecule has 1 aromatic heterocycles. The van der Waals surface area contributed by atoms with Gasteiger partial charge in [-0.15, -0.1) is 11.3 Å². The number of esters is 1. The monoisotopic (exact) mass is 331 g/mol. The van der Waals surface area contributed by atoms with Gasteiger partial charge in [-0.1, -0.05) is 11.6 Å². The van der Waals surface area contributed by atoms with Gasteiger partial charge in [0.2, 0.25) is 0 Å². The Kier molecular flexibility index (Phi) is 6.48. The van der Waals surface area contributed by atoms with E-state index in [0.717, 1.165) is 30.6 Å². The van der Waals surface area contributed by atoms with E-state index in [1.54, 1.807) is 6.07 Å². The average Bonchev–Trinajstić information content (AvgIpc) is 2.92. The largest absolute Gasteiger partial charge is 0.466 e. The van der Waals surface area contributed by atoms with Crippen LogP contribution in [0, 0.1) is 5.92 Å². The first-order chi connectivity index (χ1) is 10.1. The van der Waals surface area contributed by atoms with E-state index in [4.69, 9.17) is 16.3 Å². The molecular formula is C15H22ClNO3S. The van der Waals surface area contributed by atoms with Crippen LogP contribution in [0.1, 0.15) is 43.6 Å². The highest BCUT2D eigenvalue weighted by Gasteiger charge is 2.27. The molecule has 6 heteroatoms. The quantitative estimate of drug-likeness (QED) is 0.786. The van der Waals surface area contributed by atoms with Gasteiger partial charge in [-0.2, -0.15) is 0 Å². The lowest BCUT2D eigenvalue weighted by Crippen LogP contribution is -2.37. The van der Waals surface area contributed by atoms with Crippen LogP contribution in [-0.2, 0) is 9.53 Å². The zero-order valence-electron chi connectivity index (χ0n) is 12.2. The van der Waals surface area contributed by atoms with Crippen LogP contribution in [-0.4, -0.2) is 30.3 Å². The summed E-state index contributed by atoms with van der Waals surface area (Å²) < 4.78 is 5.76. The lowest BCUT2D eigenvalue weighted by atomic mass is 9.86. The number of thiophene rings is 1. The van der Waals surface area contributed by atoms with Crippen LogP contribution in [0.25, 0.3) is 0 Å². The molecule has 21 heavy (non-hydrogen) atoms. The second-order valence-corrected chi connectivity index (χ2v) is 7.11. The minimum atomic E-state index is -0.523. The topological polar surface area (TPSA) is 58.6 Å². The predicted molar refractivity (Wildman–Crippen MR) is 84.7 cm³/mol. The Hall–Kier alpha value is -0.620. The molecular weight excluding hydrogens is 310 g/mol. The number of carbonyl (C=O) groups excluding carboxylic acids is 1. The Morgan fingerprint density at radius 2 is 2.19 bits per heavy atom. The number of rotatable bonds is 6. The van der Waals surface area contributed by atoms with Crippen LogP contribution in [0.2, 0.25) is 4.34 Å². The van der Waals surface area contributed by atoms with Crippen molar-refractivity contribution < 1.29 is 14.6 Å². The van der Waals surface area contributed by atoms with Crippen molar-refractivity contribution in [2.75, 3.05) is 13.2 Å². The van der Waals surface area contributed by atoms with Crippen molar-refractivity contribution >= 4 is 28.9 Å². The maximum atomic E-state index is 11.7. The van der Waals surface area contributed by atoms with Gasteiger partial charge in [-0.25, -0.2) is 0 Å². The van der Waals surface area contributed by atoms with E-state index in [2.05, 4.69) is 5.32 Å². The summed E-state index contributed by atoms with van der Waals surface area (Å²) in [6, 6.07) is 4.02. The molecule has 0 aromatic carbocycles. The zero-order chi connectivity index (χ0) is 15.2. The van der Waals surface area contributed by atoms with Crippen molar-refractivity contribution in [2.45, 2.75) is 44.8 Å². The van der Waals surface area contributed by atoms with E-state index in [-0.39, 0.29) is 11.9 Å². The third-order valence-corrected chi connectivity index (χ3v) is 5.20. The van der Waals surface area contributed by atoms with Gasteiger partial charge in [0, 0.05) is 17.5 Å². The molecule has 0 bridgehead atoms. The van der Waals surface area contributed by atoms with Gasteiger partial charge >= 0.3 is 5.97 Å². The molecule has 2 N–H and O–H groups in total. The van der Waals surface area contributed by atoms with E-state index in [1.807, 2.05) is 13.0 Å². The van der Waals surface area contributed by atoms with Crippen LogP contribution in [0.15, 0.2) is 12.1 Å². The molecule has 1 aromatic rings. The van der Waals surface area contributed by atoms with Crippen LogP contribution in [0.3, 0.4) is 0 Å². The molecule has 0 amide bonds. The SMILES string of the molecule is CCOC(=O)C1CCC(NCC(O)c2ccc(Cl)s2)CC1. The fraction of sp³-hybridized carbons (Fsp3) is 0.667. The van der Waals surface area contributed by atoms with E-state index < -0.39 is 6.10 Å². The number of hydrogen-bond acceptors (Lipinski definition) is 5. The maximum Gasteiger partial charge on any atom is 0.308 e. The summed E-state index contributed by atoms with van der Waals surface area (Å²) in [4.78, 5) is 12.5. The Balaban J connectivity index is 1.70. The van der Waals surface area contributed by atoms with E-state index in [0.29, 0.717) is 23.5 Å². The van der Waals surface area contributed by atoms with E-state index in [9.17, 15) is 9.90 Å². The van der Waals surface area contributed by atoms with Crippen LogP contribution >= 0.6 is 22.9 Å². The van der Waals surface area contributed by atoms with Gasteiger partial charge in [0.15, 0.2) is 0 Å². The standard InChI is InChI=1S/C15H22ClNO3S/c1-2-20-15(19)10-3-5-11(6-4-10)17-9-12(18)13-7-8-14(16)21-13/h7-8,10-12,17-18H,2-6,9H2,1H3. The Morgan fingerprint density at radius 1 is 1.48 bits per heavy atom. The summed E-state index contributed by atoms with van der Waals surface area (Å²) in [6.45, 7) is 2.81. The molecule has 0 spiro atoms. The van der Waals surface area contributed by atoms with Crippen molar-refractivity contribution in [1.29, 1.82) is 0 Å². The highest BCUT2D eigenvalue weighted by Crippen LogP contribution is 2.28. The normalized spacial score (nSPS) is 23.8. The molecule has 0 saturated heterocycles. The van der Waals surface area contributed by atoms with Gasteiger partial charge in [0.05, 0.1) is 16.9 Å². The summed E-state index contributed by atoms with van der Waals surface area (Å²) in [5.74, 6) is -0.0201. The van der Waals surface area contributed by atoms with Crippen molar-refractivity contribution in [2.24, 2.45) is 5.92 Å². The number of aliphatic hydroxyl groups is 1. The van der Waals surface area contributed by atoms with Crippen LogP contribution in [0.4, 0.5) is 0 Å². The molecule has 0 aliphatic heterocycles. The lowest BCUT2D eigenvalue weighted by Gasteiger charge is -2.28. The van der Waals surface area contributed by atoms with Crippen molar-refractivity contribution in [3.63, 3.8) is 0 Å². The highest BCUT2D eigenvalue weighted by atomic mass is 35.5. The first-order valence-corrected chi connectivity index (χ1v) is 8.63. The Morgan fingerprint density at radius 3 is 2.76 bits per heavy atom. The molecule has 1 fully saturated rings. The zero-order valence-corrected chi connectivity index (χ0v) is 13.8. The number of aliphatic hydroxyl groups excluding tert-OH is 1. The van der Waals surface area contributed by atoms with E-state index >= 15 is 0 Å². The highest BCUT2D eigenvalue weighted by molar-refractivity contribution is 7.16. The van der Waals surface area contributed by atoms with Crippen molar-refractivity contribution in [3.8, 4) is 0 Å². The Bertz CT molecular complexity index is 458. The smallest absolute Gasteiger partial charge is 0.308 e. The second kappa shape index (κ2) is 8.13. The fourth-order valence-electron chi connectivity index (χ4n) is 2.68. The number of carbonyl (C=O) groups is 1. The molecule has 1 unspecified atom stereocenters. The first-order valence-electron chi connectivity index (χ1n) is 7.43. The van der Waals surface area contributed by atoms with Gasteiger partial charge in [0.25, 0.3) is 0 Å². The lowest BCUT2D eigenvalue weighted by molar-refractivity contribution is -0.149. The third kappa shape index (κ3) is 4.95. The number of nitrogens with one attached hydrogen (secondary N) is 1. The fourth-order valence-corrected chi connectivity index (χ4v) is 3.73. The summed E-state index contributed by atoms with van der Waals surface area (Å²) in [6.07, 6.45) is 3.09. The van der Waals surface area contributed by atoms with Gasteiger partial charge in [0.1, 0.15) is 6.10 Å². The number of ether oxygens (including phenoxy) is 1.